The Balaban J connectivity index is 2.42. The maximum Gasteiger partial charge on any atom is 0.327 e. The Morgan fingerprint density at radius 3 is 3.33 bits per heavy atom. The van der Waals surface area contributed by atoms with Crippen LogP contribution in [0, 0.1) is 0 Å². The molecule has 1 aliphatic heterocycles. The van der Waals surface area contributed by atoms with Crippen molar-refractivity contribution in [2.45, 2.75) is 12.6 Å². The van der Waals surface area contributed by atoms with Crippen molar-refractivity contribution >= 4 is 5.97 Å². The third-order valence-electron chi connectivity index (χ3n) is 1.84. The number of rotatable bonds is 1. The Bertz CT molecular complexity index is 326. The molecule has 0 amide bonds. The summed E-state index contributed by atoms with van der Waals surface area (Å²) in [6.45, 7) is 0.535. The summed E-state index contributed by atoms with van der Waals surface area (Å²) >= 11 is 0. The molecule has 1 aromatic rings. The zero-order chi connectivity index (χ0) is 8.55. The van der Waals surface area contributed by atoms with Crippen LogP contribution in [0.15, 0.2) is 12.5 Å². The topological polar surface area (TPSA) is 75.1 Å². The molecule has 12 heavy (non-hydrogen) atoms. The van der Waals surface area contributed by atoms with E-state index in [9.17, 15) is 4.79 Å². The van der Waals surface area contributed by atoms with Crippen LogP contribution in [0.4, 0.5) is 0 Å². The Morgan fingerprint density at radius 2 is 2.58 bits per heavy atom. The first-order chi connectivity index (χ1) is 5.79. The molecule has 1 aliphatic rings. The second kappa shape index (κ2) is 2.53. The lowest BCUT2D eigenvalue weighted by atomic mass is 10.2. The molecule has 0 bridgehead atoms. The number of nitrogens with zero attached hydrogens (tertiary/aromatic N) is 2. The number of hydrogen-bond donors (Lipinski definition) is 2. The molecule has 0 aromatic carbocycles. The number of nitrogens with one attached hydrogen (secondary N) is 1. The summed E-state index contributed by atoms with van der Waals surface area (Å²) in [5.41, 5.74) is 1.45. The Hall–Kier alpha value is -1.49. The van der Waals surface area contributed by atoms with Gasteiger partial charge in [0.05, 0.1) is 5.69 Å². The van der Waals surface area contributed by atoms with E-state index in [0.717, 1.165) is 5.56 Å². The summed E-state index contributed by atoms with van der Waals surface area (Å²) in [7, 11) is 0. The number of fused-ring (bicyclic) bond motifs is 1. The first kappa shape index (κ1) is 7.17. The number of aliphatic carboxylic acids is 1. The van der Waals surface area contributed by atoms with Gasteiger partial charge in [0.15, 0.2) is 0 Å². The van der Waals surface area contributed by atoms with Crippen molar-refractivity contribution < 1.29 is 9.90 Å². The van der Waals surface area contributed by atoms with Gasteiger partial charge in [-0.3, -0.25) is 10.1 Å². The second-order valence-corrected chi connectivity index (χ2v) is 2.59. The van der Waals surface area contributed by atoms with Crippen molar-refractivity contribution in [2.75, 3.05) is 0 Å². The molecule has 1 atom stereocenters. The lowest BCUT2D eigenvalue weighted by Gasteiger charge is -2.02. The third kappa shape index (κ3) is 0.947. The van der Waals surface area contributed by atoms with E-state index in [1.807, 2.05) is 0 Å². The van der Waals surface area contributed by atoms with Gasteiger partial charge in [-0.05, 0) is 0 Å². The van der Waals surface area contributed by atoms with Crippen LogP contribution in [0.25, 0.3) is 0 Å². The minimum absolute atomic E-state index is 0.535. The van der Waals surface area contributed by atoms with Crippen LogP contribution in [-0.4, -0.2) is 21.0 Å². The fraction of sp³-hybridized carbons (Fsp3) is 0.286. The third-order valence-corrected chi connectivity index (χ3v) is 1.84. The van der Waals surface area contributed by atoms with Crippen LogP contribution < -0.4 is 5.32 Å². The zero-order valence-corrected chi connectivity index (χ0v) is 6.19. The Morgan fingerprint density at radius 1 is 1.75 bits per heavy atom. The number of carboxylic acids is 1. The van der Waals surface area contributed by atoms with Gasteiger partial charge >= 0.3 is 5.97 Å². The summed E-state index contributed by atoms with van der Waals surface area (Å²) in [5, 5.41) is 11.6. The first-order valence-corrected chi connectivity index (χ1v) is 3.54. The van der Waals surface area contributed by atoms with Crippen LogP contribution >= 0.6 is 0 Å². The van der Waals surface area contributed by atoms with Gasteiger partial charge in [-0.25, -0.2) is 9.97 Å². The minimum atomic E-state index is -0.896. The van der Waals surface area contributed by atoms with Crippen molar-refractivity contribution in [1.29, 1.82) is 0 Å². The van der Waals surface area contributed by atoms with Crippen molar-refractivity contribution in [2.24, 2.45) is 0 Å². The summed E-state index contributed by atoms with van der Waals surface area (Å²) in [6, 6.07) is -0.664. The van der Waals surface area contributed by atoms with Crippen molar-refractivity contribution in [1.82, 2.24) is 15.3 Å². The molecule has 2 heterocycles. The van der Waals surface area contributed by atoms with E-state index in [4.69, 9.17) is 5.11 Å². The molecule has 0 spiro atoms. The highest BCUT2D eigenvalue weighted by Gasteiger charge is 2.28. The molecule has 5 heteroatoms. The average Bonchev–Trinajstić information content (AvgIpc) is 2.47. The largest absolute Gasteiger partial charge is 0.480 e. The first-order valence-electron chi connectivity index (χ1n) is 3.54. The number of hydrogen-bond acceptors (Lipinski definition) is 4. The second-order valence-electron chi connectivity index (χ2n) is 2.59. The molecule has 0 radical (unpaired) electrons. The molecule has 0 saturated carbocycles. The molecule has 2 rings (SSSR count). The average molecular weight is 165 g/mol. The van der Waals surface area contributed by atoms with Gasteiger partial charge in [-0.2, -0.15) is 0 Å². The van der Waals surface area contributed by atoms with Crippen molar-refractivity contribution in [3.63, 3.8) is 0 Å². The lowest BCUT2D eigenvalue weighted by molar-refractivity contribution is -0.139. The quantitative estimate of drug-likeness (QED) is 0.597. The smallest absolute Gasteiger partial charge is 0.327 e. The molecule has 0 saturated heterocycles. The fourth-order valence-electron chi connectivity index (χ4n) is 1.28. The van der Waals surface area contributed by atoms with Crippen LogP contribution in [0.2, 0.25) is 0 Å². The van der Waals surface area contributed by atoms with Gasteiger partial charge < -0.3 is 5.11 Å². The Kier molecular flexibility index (Phi) is 1.51. The van der Waals surface area contributed by atoms with Gasteiger partial charge in [0.2, 0.25) is 0 Å². The van der Waals surface area contributed by atoms with E-state index < -0.39 is 12.0 Å². The summed E-state index contributed by atoms with van der Waals surface area (Å²) < 4.78 is 0. The maximum atomic E-state index is 10.6. The van der Waals surface area contributed by atoms with Crippen LogP contribution in [0.3, 0.4) is 0 Å². The Labute approximate surface area is 68.5 Å². The highest BCUT2D eigenvalue weighted by Crippen LogP contribution is 2.21. The van der Waals surface area contributed by atoms with E-state index in [-0.39, 0.29) is 0 Å². The van der Waals surface area contributed by atoms with Gasteiger partial charge in [-0.1, -0.05) is 0 Å². The summed E-state index contributed by atoms with van der Waals surface area (Å²) in [6.07, 6.45) is 3.00. The van der Waals surface area contributed by atoms with Crippen molar-refractivity contribution in [3.8, 4) is 0 Å². The maximum absolute atomic E-state index is 10.6. The molecule has 0 fully saturated rings. The van der Waals surface area contributed by atoms with Gasteiger partial charge in [0, 0.05) is 18.3 Å². The van der Waals surface area contributed by atoms with Gasteiger partial charge in [-0.15, -0.1) is 0 Å². The number of aromatic nitrogens is 2. The molecular weight excluding hydrogens is 158 g/mol. The number of carbonyl (C=O) groups is 1. The van der Waals surface area contributed by atoms with Crippen LogP contribution in [0.1, 0.15) is 17.3 Å². The number of carboxylic acid groups (broad SMARTS) is 1. The molecule has 5 nitrogen and oxygen atoms in total. The van der Waals surface area contributed by atoms with Gasteiger partial charge in [0.1, 0.15) is 12.4 Å². The monoisotopic (exact) mass is 165 g/mol. The highest BCUT2D eigenvalue weighted by atomic mass is 16.4. The summed E-state index contributed by atoms with van der Waals surface area (Å²) in [5.74, 6) is -0.896. The predicted octanol–water partition coefficient (Wildman–Crippen LogP) is -0.295. The summed E-state index contributed by atoms with van der Waals surface area (Å²) in [4.78, 5) is 18.4. The molecule has 1 unspecified atom stereocenters. The molecular formula is C7H7N3O2. The van der Waals surface area contributed by atoms with E-state index in [2.05, 4.69) is 15.3 Å². The minimum Gasteiger partial charge on any atom is -0.480 e. The fourth-order valence-corrected chi connectivity index (χ4v) is 1.28. The molecule has 2 N–H and O–H groups in total. The SMILES string of the molecule is O=C(O)C1NCc2cncnc21. The standard InChI is InChI=1S/C7H7N3O2/c11-7(12)6-5-4(2-9-6)1-8-3-10-5/h1,3,6,9H,2H2,(H,11,12). The van der Waals surface area contributed by atoms with Gasteiger partial charge in [0.25, 0.3) is 0 Å². The molecule has 62 valence electrons. The highest BCUT2D eigenvalue weighted by molar-refractivity contribution is 5.76. The van der Waals surface area contributed by atoms with E-state index in [1.165, 1.54) is 6.33 Å². The molecule has 1 aromatic heterocycles. The van der Waals surface area contributed by atoms with Crippen LogP contribution in [-0.2, 0) is 11.3 Å². The predicted molar refractivity (Wildman–Crippen MR) is 39.2 cm³/mol. The lowest BCUT2D eigenvalue weighted by Crippen LogP contribution is -2.21. The van der Waals surface area contributed by atoms with Crippen molar-refractivity contribution in [3.05, 3.63) is 23.8 Å². The normalized spacial score (nSPS) is 20.5. The van der Waals surface area contributed by atoms with Crippen LogP contribution in [0.5, 0.6) is 0 Å². The molecule has 0 aliphatic carbocycles. The van der Waals surface area contributed by atoms with E-state index >= 15 is 0 Å². The van der Waals surface area contributed by atoms with E-state index in [1.54, 1.807) is 6.20 Å². The zero-order valence-electron chi connectivity index (χ0n) is 6.19. The van der Waals surface area contributed by atoms with E-state index in [0.29, 0.717) is 12.2 Å².